The number of anilines is 1. The molecule has 0 bridgehead atoms. The molecule has 0 atom stereocenters. The number of hydrogen-bond acceptors (Lipinski definition) is 4. The predicted octanol–water partition coefficient (Wildman–Crippen LogP) is 2.93. The van der Waals surface area contributed by atoms with Crippen molar-refractivity contribution in [2.24, 2.45) is 0 Å². The Morgan fingerprint density at radius 1 is 1.21 bits per heavy atom. The molecule has 28 heavy (non-hydrogen) atoms. The Hall–Kier alpha value is -3.00. The SMILES string of the molecule is CN(c1c2c(cc3ncccc13)C(=O)N(Cc1ccc(F)cc1)C2)S(C)(=O)=O. The first kappa shape index (κ1) is 18.4. The van der Waals surface area contributed by atoms with Gasteiger partial charge in [0, 0.05) is 42.8 Å². The maximum Gasteiger partial charge on any atom is 0.254 e. The summed E-state index contributed by atoms with van der Waals surface area (Å²) in [6.07, 6.45) is 2.73. The first-order valence-electron chi connectivity index (χ1n) is 8.64. The van der Waals surface area contributed by atoms with E-state index in [0.29, 0.717) is 34.3 Å². The Bertz CT molecular complexity index is 1190. The fourth-order valence-corrected chi connectivity index (χ4v) is 4.03. The normalized spacial score (nSPS) is 13.8. The van der Waals surface area contributed by atoms with Crippen molar-refractivity contribution in [2.75, 3.05) is 17.6 Å². The lowest BCUT2D eigenvalue weighted by molar-refractivity contribution is 0.0767. The van der Waals surface area contributed by atoms with Gasteiger partial charge in [-0.3, -0.25) is 14.1 Å². The van der Waals surface area contributed by atoms with E-state index in [-0.39, 0.29) is 18.3 Å². The van der Waals surface area contributed by atoms with Gasteiger partial charge in [0.05, 0.1) is 17.5 Å². The topological polar surface area (TPSA) is 70.6 Å². The molecule has 1 aliphatic heterocycles. The maximum atomic E-state index is 13.2. The van der Waals surface area contributed by atoms with Gasteiger partial charge in [-0.2, -0.15) is 0 Å². The molecule has 0 unspecified atom stereocenters. The molecule has 3 aromatic rings. The second-order valence-electron chi connectivity index (χ2n) is 6.84. The molecule has 8 heteroatoms. The van der Waals surface area contributed by atoms with Crippen molar-refractivity contribution in [1.29, 1.82) is 0 Å². The first-order chi connectivity index (χ1) is 13.3. The summed E-state index contributed by atoms with van der Waals surface area (Å²) >= 11 is 0. The summed E-state index contributed by atoms with van der Waals surface area (Å²) < 4.78 is 38.8. The van der Waals surface area contributed by atoms with Crippen LogP contribution in [0.5, 0.6) is 0 Å². The Morgan fingerprint density at radius 3 is 2.61 bits per heavy atom. The number of halogens is 1. The number of hydrogen-bond donors (Lipinski definition) is 0. The standard InChI is InChI=1S/C20H18FN3O3S/c1-23(28(2,26)27)19-15-4-3-9-22-18(15)10-16-17(19)12-24(20(16)25)11-13-5-7-14(21)8-6-13/h3-10H,11-12H2,1-2H3. The number of carbonyl (C=O) groups is 1. The Labute approximate surface area is 162 Å². The molecule has 0 saturated carbocycles. The molecule has 0 saturated heterocycles. The molecule has 1 amide bonds. The molecular weight excluding hydrogens is 381 g/mol. The van der Waals surface area contributed by atoms with E-state index in [4.69, 9.17) is 0 Å². The van der Waals surface area contributed by atoms with Gasteiger partial charge >= 0.3 is 0 Å². The third-order valence-electron chi connectivity index (χ3n) is 4.95. The van der Waals surface area contributed by atoms with Crippen LogP contribution in [0, 0.1) is 5.82 Å². The summed E-state index contributed by atoms with van der Waals surface area (Å²) in [6.45, 7) is 0.575. The highest BCUT2D eigenvalue weighted by atomic mass is 32.2. The molecule has 0 aliphatic carbocycles. The Morgan fingerprint density at radius 2 is 1.93 bits per heavy atom. The highest BCUT2D eigenvalue weighted by Gasteiger charge is 2.33. The van der Waals surface area contributed by atoms with Crippen LogP contribution in [0.3, 0.4) is 0 Å². The van der Waals surface area contributed by atoms with Gasteiger partial charge in [0.2, 0.25) is 10.0 Å². The predicted molar refractivity (Wildman–Crippen MR) is 105 cm³/mol. The third-order valence-corrected chi connectivity index (χ3v) is 6.13. The van der Waals surface area contributed by atoms with Crippen LogP contribution >= 0.6 is 0 Å². The van der Waals surface area contributed by atoms with Crippen molar-refractivity contribution in [3.8, 4) is 0 Å². The average Bonchev–Trinajstić information content (AvgIpc) is 2.96. The minimum atomic E-state index is -3.53. The van der Waals surface area contributed by atoms with Gasteiger partial charge in [-0.25, -0.2) is 12.8 Å². The molecule has 6 nitrogen and oxygen atoms in total. The second-order valence-corrected chi connectivity index (χ2v) is 8.85. The zero-order valence-corrected chi connectivity index (χ0v) is 16.2. The number of pyridine rings is 1. The molecule has 0 fully saturated rings. The fourth-order valence-electron chi connectivity index (χ4n) is 3.49. The monoisotopic (exact) mass is 399 g/mol. The lowest BCUT2D eigenvalue weighted by Crippen LogP contribution is -2.26. The molecule has 1 aliphatic rings. The largest absolute Gasteiger partial charge is 0.330 e. The van der Waals surface area contributed by atoms with Crippen molar-refractivity contribution in [3.05, 3.63) is 71.2 Å². The summed E-state index contributed by atoms with van der Waals surface area (Å²) in [5.74, 6) is -0.538. The smallest absolute Gasteiger partial charge is 0.254 e. The number of aromatic nitrogens is 1. The van der Waals surface area contributed by atoms with Crippen LogP contribution in [-0.4, -0.2) is 37.5 Å². The van der Waals surface area contributed by atoms with Crippen molar-refractivity contribution in [2.45, 2.75) is 13.1 Å². The van der Waals surface area contributed by atoms with Crippen molar-refractivity contribution in [3.63, 3.8) is 0 Å². The molecule has 2 heterocycles. The molecule has 0 N–H and O–H groups in total. The van der Waals surface area contributed by atoms with Crippen LogP contribution < -0.4 is 4.31 Å². The quantitative estimate of drug-likeness (QED) is 0.676. The van der Waals surface area contributed by atoms with Crippen LogP contribution in [-0.2, 0) is 23.1 Å². The van der Waals surface area contributed by atoms with Crippen LogP contribution in [0.4, 0.5) is 10.1 Å². The Balaban J connectivity index is 1.83. The summed E-state index contributed by atoms with van der Waals surface area (Å²) in [5, 5.41) is 0.672. The molecule has 2 aromatic carbocycles. The van der Waals surface area contributed by atoms with E-state index < -0.39 is 10.0 Å². The number of benzene rings is 2. The molecular formula is C20H18FN3O3S. The highest BCUT2D eigenvalue weighted by molar-refractivity contribution is 7.92. The first-order valence-corrected chi connectivity index (χ1v) is 10.5. The number of rotatable bonds is 4. The Kier molecular flexibility index (Phi) is 4.30. The van der Waals surface area contributed by atoms with Gasteiger partial charge in [-0.1, -0.05) is 12.1 Å². The van der Waals surface area contributed by atoms with E-state index in [9.17, 15) is 17.6 Å². The minimum absolute atomic E-state index is 0.199. The number of fused-ring (bicyclic) bond motifs is 2. The van der Waals surface area contributed by atoms with E-state index >= 15 is 0 Å². The van der Waals surface area contributed by atoms with E-state index in [2.05, 4.69) is 4.98 Å². The minimum Gasteiger partial charge on any atom is -0.330 e. The van der Waals surface area contributed by atoms with E-state index in [1.54, 1.807) is 41.4 Å². The van der Waals surface area contributed by atoms with Gasteiger partial charge in [-0.05, 0) is 35.9 Å². The van der Waals surface area contributed by atoms with E-state index in [0.717, 1.165) is 11.8 Å². The lowest BCUT2D eigenvalue weighted by atomic mass is 10.0. The van der Waals surface area contributed by atoms with Crippen LogP contribution in [0.15, 0.2) is 48.7 Å². The van der Waals surface area contributed by atoms with Crippen molar-refractivity contribution >= 4 is 32.5 Å². The van der Waals surface area contributed by atoms with Crippen LogP contribution in [0.2, 0.25) is 0 Å². The molecule has 144 valence electrons. The van der Waals surface area contributed by atoms with E-state index in [1.165, 1.54) is 23.5 Å². The van der Waals surface area contributed by atoms with Crippen LogP contribution in [0.1, 0.15) is 21.5 Å². The van der Waals surface area contributed by atoms with Gasteiger partial charge in [0.25, 0.3) is 5.91 Å². The van der Waals surface area contributed by atoms with Gasteiger partial charge < -0.3 is 4.90 Å². The number of carbonyl (C=O) groups excluding carboxylic acids is 1. The number of nitrogens with zero attached hydrogens (tertiary/aromatic N) is 3. The lowest BCUT2D eigenvalue weighted by Gasteiger charge is -2.22. The molecule has 1 aromatic heterocycles. The van der Waals surface area contributed by atoms with Gasteiger partial charge in [0.1, 0.15) is 5.82 Å². The van der Waals surface area contributed by atoms with E-state index in [1.807, 2.05) is 0 Å². The maximum absolute atomic E-state index is 13.2. The molecule has 0 radical (unpaired) electrons. The van der Waals surface area contributed by atoms with Crippen molar-refractivity contribution < 1.29 is 17.6 Å². The summed E-state index contributed by atoms with van der Waals surface area (Å²) in [6, 6.07) is 11.2. The average molecular weight is 399 g/mol. The number of sulfonamides is 1. The number of amides is 1. The van der Waals surface area contributed by atoms with Gasteiger partial charge in [0.15, 0.2) is 0 Å². The fraction of sp³-hybridized carbons (Fsp3) is 0.200. The van der Waals surface area contributed by atoms with Crippen molar-refractivity contribution in [1.82, 2.24) is 9.88 Å². The second kappa shape index (κ2) is 6.56. The molecule has 0 spiro atoms. The summed E-state index contributed by atoms with van der Waals surface area (Å²) in [4.78, 5) is 18.9. The molecule has 4 rings (SSSR count). The van der Waals surface area contributed by atoms with Crippen LogP contribution in [0.25, 0.3) is 10.9 Å². The highest BCUT2D eigenvalue weighted by Crippen LogP contribution is 2.38. The summed E-state index contributed by atoms with van der Waals surface area (Å²) in [7, 11) is -2.06. The third kappa shape index (κ3) is 3.09. The summed E-state index contributed by atoms with van der Waals surface area (Å²) in [5.41, 5.74) is 2.92. The van der Waals surface area contributed by atoms with Gasteiger partial charge in [-0.15, -0.1) is 0 Å². The zero-order chi connectivity index (χ0) is 20.1. The zero-order valence-electron chi connectivity index (χ0n) is 15.4.